The van der Waals surface area contributed by atoms with Crippen molar-refractivity contribution in [3.05, 3.63) is 95.5 Å². The molecule has 2 radical (unpaired) electrons. The molecule has 0 bridgehead atoms. The number of hydrogen-bond acceptors (Lipinski definition) is 3. The molecule has 3 heterocycles. The zero-order valence-electron chi connectivity index (χ0n) is 31.9. The minimum atomic E-state index is -0.227. The quantitative estimate of drug-likeness (QED) is 0.0648. The highest BCUT2D eigenvalue weighted by atomic mass is 16.3. The van der Waals surface area contributed by atoms with Crippen LogP contribution in [0.25, 0.3) is 33.3 Å². The van der Waals surface area contributed by atoms with Gasteiger partial charge in [0.1, 0.15) is 7.05 Å². The maximum Gasteiger partial charge on any atom is 0.227 e. The van der Waals surface area contributed by atoms with Crippen LogP contribution in [0.3, 0.4) is 0 Å². The van der Waals surface area contributed by atoms with E-state index >= 15 is 0 Å². The minimum absolute atomic E-state index is 0.227. The summed E-state index contributed by atoms with van der Waals surface area (Å²) >= 11 is 0. The van der Waals surface area contributed by atoms with E-state index in [0.717, 1.165) is 58.3 Å². The topological polar surface area (TPSA) is 42.3 Å². The molecule has 4 aromatic rings. The molecule has 3 aromatic heterocycles. The summed E-state index contributed by atoms with van der Waals surface area (Å²) in [5.41, 5.74) is 9.55. The molecule has 260 valence electrons. The van der Waals surface area contributed by atoms with Crippen LogP contribution in [-0.2, 0) is 12.4 Å². The van der Waals surface area contributed by atoms with E-state index in [0.29, 0.717) is 11.6 Å². The van der Waals surface area contributed by atoms with E-state index in [9.17, 15) is 0 Å². The lowest BCUT2D eigenvalue weighted by Crippen LogP contribution is -2.35. The van der Waals surface area contributed by atoms with Crippen molar-refractivity contribution in [1.29, 1.82) is 0 Å². The predicted octanol–water partition coefficient (Wildman–Crippen LogP) is 11.5. The molecule has 0 spiro atoms. The Kier molecular flexibility index (Phi) is 14.5. The lowest BCUT2D eigenvalue weighted by atomic mass is 9.57. The first-order valence-electron chi connectivity index (χ1n) is 18.7. The average molecular weight is 667 g/mol. The lowest BCUT2D eigenvalue weighted by Gasteiger charge is -2.34. The largest absolute Gasteiger partial charge is 0.437 e. The number of rotatable bonds is 7. The molecule has 1 saturated carbocycles. The lowest BCUT2D eigenvalue weighted by molar-refractivity contribution is -0.660. The third-order valence-corrected chi connectivity index (χ3v) is 9.85. The van der Waals surface area contributed by atoms with Crippen molar-refractivity contribution >= 4 is 35.6 Å². The number of nitrogens with zero attached hydrogens (tertiary/aromatic N) is 3. The standard InChI is InChI=1S/C25H26BN2O.C14H17N.C6H14/c1-16-7-9-19-20-10-8-17(2)27-24(20)29-23(19)22(16)21-15-18(11-14-28(21)3)25(26)12-5-4-6-13-25;1-4-8-13-9-6-7-10-14(13)12(3)15-11-5-2;1-3-5-6-4-2/h7-11,14-15H,4-6,12-13H2,1-3H3;5-7,10-11,13H,9H2,1-3H3;3-6H2,1-2H3/q+1;;/b;11-5-,15-12?;. The average Bonchev–Trinajstić information content (AvgIpc) is 3.48. The molecule has 4 nitrogen and oxygen atoms in total. The Bertz CT molecular complexity index is 1920. The molecule has 0 N–H and O–H groups in total. The third kappa shape index (κ3) is 9.54. The molecule has 1 aromatic carbocycles. The first-order chi connectivity index (χ1) is 24.2. The first kappa shape index (κ1) is 38.6. The number of benzene rings is 1. The summed E-state index contributed by atoms with van der Waals surface area (Å²) in [6, 6.07) is 12.9. The SMILES string of the molecule is CC#CC1CC=CC=C1C(C)=N/C=C\C.CCCCCC.[B]C1(c2cc[n+](C)c(-c3c(C)ccc4c3oc3nc(C)ccc34)c2)CCCCC1. The van der Waals surface area contributed by atoms with E-state index in [2.05, 4.69) is 109 Å². The molecule has 1 fully saturated rings. The molecular weight excluding hydrogens is 609 g/mol. The Hall–Kier alpha value is -4.17. The number of hydrogen-bond donors (Lipinski definition) is 0. The van der Waals surface area contributed by atoms with Crippen LogP contribution >= 0.6 is 0 Å². The number of furan rings is 1. The Labute approximate surface area is 303 Å². The number of unbranched alkanes of at least 4 members (excludes halogenated alkanes) is 3. The van der Waals surface area contributed by atoms with Crippen molar-refractivity contribution in [3.8, 4) is 23.1 Å². The summed E-state index contributed by atoms with van der Waals surface area (Å²) in [7, 11) is 8.95. The second-order valence-corrected chi connectivity index (χ2v) is 13.8. The zero-order chi connectivity index (χ0) is 36.1. The van der Waals surface area contributed by atoms with Crippen LogP contribution in [0.5, 0.6) is 0 Å². The maximum absolute atomic E-state index is 6.86. The fourth-order valence-electron chi connectivity index (χ4n) is 6.90. The van der Waals surface area contributed by atoms with E-state index < -0.39 is 0 Å². The van der Waals surface area contributed by atoms with Gasteiger partial charge in [-0.3, -0.25) is 4.99 Å². The van der Waals surface area contributed by atoms with Gasteiger partial charge < -0.3 is 4.42 Å². The normalized spacial score (nSPS) is 17.0. The highest BCUT2D eigenvalue weighted by Crippen LogP contribution is 2.40. The van der Waals surface area contributed by atoms with E-state index in [1.54, 1.807) is 0 Å². The number of pyridine rings is 2. The van der Waals surface area contributed by atoms with Gasteiger partial charge in [-0.05, 0) is 75.2 Å². The van der Waals surface area contributed by atoms with Crippen LogP contribution in [0.2, 0.25) is 0 Å². The summed E-state index contributed by atoms with van der Waals surface area (Å²) < 4.78 is 8.48. The maximum atomic E-state index is 6.86. The summed E-state index contributed by atoms with van der Waals surface area (Å²) in [6.07, 6.45) is 24.6. The first-order valence-corrected chi connectivity index (χ1v) is 18.7. The zero-order valence-corrected chi connectivity index (χ0v) is 31.9. The highest BCUT2D eigenvalue weighted by Gasteiger charge is 2.31. The van der Waals surface area contributed by atoms with Crippen LogP contribution < -0.4 is 4.57 Å². The molecule has 5 heteroatoms. The third-order valence-electron chi connectivity index (χ3n) is 9.85. The van der Waals surface area contributed by atoms with E-state index in [1.165, 1.54) is 61.6 Å². The van der Waals surface area contributed by atoms with Gasteiger partial charge in [0.15, 0.2) is 11.8 Å². The van der Waals surface area contributed by atoms with E-state index in [4.69, 9.17) is 12.3 Å². The predicted molar refractivity (Wildman–Crippen MR) is 215 cm³/mol. The number of aryl methyl sites for hydroxylation is 3. The monoisotopic (exact) mass is 666 g/mol. The molecule has 1 unspecified atom stereocenters. The summed E-state index contributed by atoms with van der Waals surface area (Å²) in [4.78, 5) is 8.97. The van der Waals surface area contributed by atoms with Crippen molar-refractivity contribution in [3.63, 3.8) is 0 Å². The van der Waals surface area contributed by atoms with Crippen molar-refractivity contribution in [1.82, 2.24) is 4.98 Å². The number of aliphatic imine (C=N–C) groups is 1. The Morgan fingerprint density at radius 1 is 1.06 bits per heavy atom. The molecular formula is C45H57BN3O+. The summed E-state index contributed by atoms with van der Waals surface area (Å²) in [6.45, 7) is 14.5. The fourth-order valence-corrected chi connectivity index (χ4v) is 6.90. The summed E-state index contributed by atoms with van der Waals surface area (Å²) in [5.74, 6) is 6.51. The molecule has 0 amide bonds. The van der Waals surface area contributed by atoms with Crippen LogP contribution in [-0.4, -0.2) is 18.5 Å². The smallest absolute Gasteiger partial charge is 0.227 e. The molecule has 50 heavy (non-hydrogen) atoms. The van der Waals surface area contributed by atoms with E-state index in [1.807, 2.05) is 46.0 Å². The molecule has 0 aliphatic heterocycles. The highest BCUT2D eigenvalue weighted by molar-refractivity contribution is 6.16. The van der Waals surface area contributed by atoms with Gasteiger partial charge in [0.25, 0.3) is 0 Å². The van der Waals surface area contributed by atoms with Crippen LogP contribution in [0.15, 0.2) is 88.1 Å². The molecule has 6 rings (SSSR count). The van der Waals surface area contributed by atoms with Gasteiger partial charge in [-0.1, -0.05) is 114 Å². The summed E-state index contributed by atoms with van der Waals surface area (Å²) in [5, 5.41) is 1.95. The van der Waals surface area contributed by atoms with Crippen LogP contribution in [0.1, 0.15) is 116 Å². The number of aromatic nitrogens is 2. The van der Waals surface area contributed by atoms with Gasteiger partial charge in [-0.15, -0.1) is 5.92 Å². The van der Waals surface area contributed by atoms with Crippen molar-refractivity contribution in [2.45, 2.75) is 118 Å². The second kappa shape index (κ2) is 18.7. The van der Waals surface area contributed by atoms with Crippen molar-refractivity contribution in [2.75, 3.05) is 0 Å². The number of fused-ring (bicyclic) bond motifs is 3. The molecule has 2 aliphatic rings. The van der Waals surface area contributed by atoms with E-state index in [-0.39, 0.29) is 5.31 Å². The fraction of sp³-hybridized carbons (Fsp3) is 0.444. The van der Waals surface area contributed by atoms with Crippen LogP contribution in [0.4, 0.5) is 0 Å². The molecule has 0 saturated heterocycles. The van der Waals surface area contributed by atoms with Gasteiger partial charge in [0.2, 0.25) is 11.4 Å². The van der Waals surface area contributed by atoms with Crippen molar-refractivity contribution < 1.29 is 8.98 Å². The Morgan fingerprint density at radius 2 is 1.78 bits per heavy atom. The van der Waals surface area contributed by atoms with Gasteiger partial charge >= 0.3 is 0 Å². The second-order valence-electron chi connectivity index (χ2n) is 13.8. The van der Waals surface area contributed by atoms with Crippen molar-refractivity contribution in [2.24, 2.45) is 18.0 Å². The molecule has 2 aliphatic carbocycles. The number of allylic oxidation sites excluding steroid dienone is 5. The Morgan fingerprint density at radius 3 is 2.46 bits per heavy atom. The van der Waals surface area contributed by atoms with Gasteiger partial charge in [-0.25, -0.2) is 9.55 Å². The molecule has 1 atom stereocenters. The Balaban J connectivity index is 0.000000224. The van der Waals surface area contributed by atoms with Gasteiger partial charge in [-0.2, -0.15) is 0 Å². The van der Waals surface area contributed by atoms with Crippen LogP contribution in [0, 0.1) is 31.6 Å². The van der Waals surface area contributed by atoms with Gasteiger partial charge in [0.05, 0.1) is 19.3 Å². The van der Waals surface area contributed by atoms with Gasteiger partial charge in [0, 0.05) is 40.5 Å². The minimum Gasteiger partial charge on any atom is -0.437 e.